The van der Waals surface area contributed by atoms with Crippen molar-refractivity contribution in [3.05, 3.63) is 24.3 Å². The maximum atomic E-state index is 12.5. The number of unbranched alkanes of at least 4 members (excludes halogenated alkanes) is 60. The summed E-state index contributed by atoms with van der Waals surface area (Å²) < 4.78 is 5.52. The van der Waals surface area contributed by atoms with Crippen molar-refractivity contribution in [2.24, 2.45) is 0 Å². The Morgan fingerprint density at radius 2 is 0.560 bits per heavy atom. The zero-order chi connectivity index (χ0) is 60.6. The maximum Gasteiger partial charge on any atom is 0.305 e. The second-order valence-corrected chi connectivity index (χ2v) is 26.7. The molecule has 0 rings (SSSR count). The van der Waals surface area contributed by atoms with Gasteiger partial charge in [0.15, 0.2) is 0 Å². The van der Waals surface area contributed by atoms with Crippen LogP contribution in [-0.2, 0) is 14.3 Å². The number of aliphatic hydroxyl groups excluding tert-OH is 2. The number of esters is 1. The Balaban J connectivity index is 3.36. The van der Waals surface area contributed by atoms with E-state index in [0.29, 0.717) is 19.4 Å². The number of carbonyl (C=O) groups excluding carboxylic acids is 2. The number of allylic oxidation sites excluding steroid dienone is 3. The first-order chi connectivity index (χ1) is 41.5. The molecule has 0 heterocycles. The number of rotatable bonds is 73. The molecule has 498 valence electrons. The number of nitrogens with one attached hydrogen (secondary N) is 1. The molecule has 3 N–H and O–H groups in total. The van der Waals surface area contributed by atoms with E-state index in [-0.39, 0.29) is 18.5 Å². The van der Waals surface area contributed by atoms with Gasteiger partial charge in [-0.1, -0.05) is 391 Å². The lowest BCUT2D eigenvalue weighted by atomic mass is 10.0. The Hall–Kier alpha value is -1.66. The van der Waals surface area contributed by atoms with Crippen LogP contribution < -0.4 is 5.32 Å². The molecule has 0 aromatic heterocycles. The first kappa shape index (κ1) is 82.3. The predicted octanol–water partition coefficient (Wildman–Crippen LogP) is 25.3. The second-order valence-electron chi connectivity index (χ2n) is 26.7. The highest BCUT2D eigenvalue weighted by atomic mass is 16.5. The molecule has 84 heavy (non-hydrogen) atoms. The highest BCUT2D eigenvalue weighted by molar-refractivity contribution is 5.76. The summed E-state index contributed by atoms with van der Waals surface area (Å²) >= 11 is 0. The van der Waals surface area contributed by atoms with Crippen LogP contribution in [0, 0.1) is 0 Å². The molecule has 6 heteroatoms. The summed E-state index contributed by atoms with van der Waals surface area (Å²) in [4.78, 5) is 24.6. The van der Waals surface area contributed by atoms with Crippen molar-refractivity contribution in [1.82, 2.24) is 5.32 Å². The lowest BCUT2D eigenvalue weighted by molar-refractivity contribution is -0.143. The SMILES string of the molecule is CCCCCCCCCCCCCCCCCC/C=C/C(O)C(CO)NC(=O)CCCCCCCCCCCCCCCCC/C=C\CCCCCCCCCCCCCCOC(=O)CCCCCCCCCCCCCCCCCCCC. The van der Waals surface area contributed by atoms with Crippen LogP contribution in [0.2, 0.25) is 0 Å². The van der Waals surface area contributed by atoms with E-state index in [9.17, 15) is 19.8 Å². The van der Waals surface area contributed by atoms with Gasteiger partial charge in [-0.3, -0.25) is 9.59 Å². The number of aliphatic hydroxyl groups is 2. The first-order valence-electron chi connectivity index (χ1n) is 38.6. The summed E-state index contributed by atoms with van der Waals surface area (Å²) in [7, 11) is 0. The van der Waals surface area contributed by atoms with Crippen molar-refractivity contribution in [3.63, 3.8) is 0 Å². The van der Waals surface area contributed by atoms with E-state index in [1.807, 2.05) is 6.08 Å². The van der Waals surface area contributed by atoms with E-state index in [0.717, 1.165) is 38.5 Å². The van der Waals surface area contributed by atoms with E-state index in [4.69, 9.17) is 4.74 Å². The van der Waals surface area contributed by atoms with Crippen molar-refractivity contribution in [2.75, 3.05) is 13.2 Å². The standard InChI is InChI=1S/C78H151NO5/c1-3-5-7-9-11-13-15-17-19-21-38-42-46-50-54-58-62-66-70-76(81)75(74-80)79-77(82)71-67-63-59-55-51-47-43-39-36-34-32-30-28-26-24-23-25-27-29-31-33-35-37-41-45-49-53-57-61-65-69-73-84-78(83)72-68-64-60-56-52-48-44-40-22-20-18-16-14-12-10-8-6-4-2/h25,27,66,70,75-76,80-81H,3-24,26,28-65,67-69,71-74H2,1-2H3,(H,79,82)/b27-25-,70-66+. The van der Waals surface area contributed by atoms with Gasteiger partial charge in [0.05, 0.1) is 25.4 Å². The zero-order valence-electron chi connectivity index (χ0n) is 57.2. The molecule has 0 aliphatic rings. The Morgan fingerprint density at radius 3 is 0.845 bits per heavy atom. The molecule has 1 amide bonds. The van der Waals surface area contributed by atoms with Crippen molar-refractivity contribution in [2.45, 2.75) is 450 Å². The Labute approximate surface area is 526 Å². The smallest absolute Gasteiger partial charge is 0.305 e. The van der Waals surface area contributed by atoms with Gasteiger partial charge in [0, 0.05) is 12.8 Å². The van der Waals surface area contributed by atoms with E-state index in [2.05, 4.69) is 31.3 Å². The molecule has 0 aromatic rings. The van der Waals surface area contributed by atoms with Crippen LogP contribution in [0.25, 0.3) is 0 Å². The highest BCUT2D eigenvalue weighted by Crippen LogP contribution is 2.19. The molecule has 0 saturated carbocycles. The average molecular weight is 1180 g/mol. The Morgan fingerprint density at radius 1 is 0.321 bits per heavy atom. The van der Waals surface area contributed by atoms with Crippen molar-refractivity contribution < 1.29 is 24.5 Å². The minimum Gasteiger partial charge on any atom is -0.466 e. The topological polar surface area (TPSA) is 95.9 Å². The minimum atomic E-state index is -0.843. The predicted molar refractivity (Wildman–Crippen MR) is 370 cm³/mol. The van der Waals surface area contributed by atoms with Crippen LogP contribution in [-0.4, -0.2) is 47.4 Å². The summed E-state index contributed by atoms with van der Waals surface area (Å²) in [6, 6.07) is -0.627. The van der Waals surface area contributed by atoms with Gasteiger partial charge in [0.2, 0.25) is 5.91 Å². The van der Waals surface area contributed by atoms with Crippen LogP contribution in [0.5, 0.6) is 0 Å². The van der Waals surface area contributed by atoms with E-state index in [1.165, 1.54) is 372 Å². The third-order valence-corrected chi connectivity index (χ3v) is 18.2. The fraction of sp³-hybridized carbons (Fsp3) is 0.923. The van der Waals surface area contributed by atoms with Gasteiger partial charge < -0.3 is 20.3 Å². The van der Waals surface area contributed by atoms with E-state index < -0.39 is 12.1 Å². The summed E-state index contributed by atoms with van der Waals surface area (Å²) in [6.07, 6.45) is 94.3. The van der Waals surface area contributed by atoms with Crippen LogP contribution >= 0.6 is 0 Å². The largest absolute Gasteiger partial charge is 0.466 e. The normalized spacial score (nSPS) is 12.6. The molecular weight excluding hydrogens is 1030 g/mol. The lowest BCUT2D eigenvalue weighted by Crippen LogP contribution is -2.45. The summed E-state index contributed by atoms with van der Waals surface area (Å²) in [5.41, 5.74) is 0. The molecule has 0 saturated heterocycles. The minimum absolute atomic E-state index is 0.0228. The molecule has 2 unspecified atom stereocenters. The number of carbonyl (C=O) groups is 2. The lowest BCUT2D eigenvalue weighted by Gasteiger charge is -2.20. The summed E-state index contributed by atoms with van der Waals surface area (Å²) in [5.74, 6) is -0.0392. The van der Waals surface area contributed by atoms with Crippen LogP contribution in [0.3, 0.4) is 0 Å². The van der Waals surface area contributed by atoms with Gasteiger partial charge in [0.25, 0.3) is 0 Å². The molecule has 0 bridgehead atoms. The van der Waals surface area contributed by atoms with Gasteiger partial charge in [-0.25, -0.2) is 0 Å². The van der Waals surface area contributed by atoms with Crippen molar-refractivity contribution in [1.29, 1.82) is 0 Å². The molecule has 0 aromatic carbocycles. The zero-order valence-corrected chi connectivity index (χ0v) is 57.2. The number of amides is 1. The molecule has 0 spiro atoms. The van der Waals surface area contributed by atoms with Crippen molar-refractivity contribution >= 4 is 11.9 Å². The molecule has 0 radical (unpaired) electrons. The summed E-state index contributed by atoms with van der Waals surface area (Å²) in [5, 5.41) is 23.2. The Kier molecular flexibility index (Phi) is 72.3. The number of ether oxygens (including phenoxy) is 1. The number of hydrogen-bond donors (Lipinski definition) is 3. The second kappa shape index (κ2) is 73.8. The van der Waals surface area contributed by atoms with Gasteiger partial charge in [-0.05, 0) is 57.8 Å². The molecule has 0 aliphatic carbocycles. The third-order valence-electron chi connectivity index (χ3n) is 18.2. The monoisotopic (exact) mass is 1180 g/mol. The van der Waals surface area contributed by atoms with E-state index >= 15 is 0 Å². The van der Waals surface area contributed by atoms with Crippen molar-refractivity contribution in [3.8, 4) is 0 Å². The van der Waals surface area contributed by atoms with Crippen LogP contribution in [0.4, 0.5) is 0 Å². The molecular formula is C78H151NO5. The van der Waals surface area contributed by atoms with Crippen LogP contribution in [0.15, 0.2) is 24.3 Å². The molecule has 0 fully saturated rings. The van der Waals surface area contributed by atoms with Crippen LogP contribution in [0.1, 0.15) is 438 Å². The Bertz CT molecular complexity index is 1320. The van der Waals surface area contributed by atoms with Gasteiger partial charge in [-0.2, -0.15) is 0 Å². The fourth-order valence-corrected chi connectivity index (χ4v) is 12.3. The van der Waals surface area contributed by atoms with Gasteiger partial charge in [-0.15, -0.1) is 0 Å². The first-order valence-corrected chi connectivity index (χ1v) is 38.6. The van der Waals surface area contributed by atoms with Gasteiger partial charge >= 0.3 is 5.97 Å². The van der Waals surface area contributed by atoms with E-state index in [1.54, 1.807) is 6.08 Å². The molecule has 2 atom stereocenters. The van der Waals surface area contributed by atoms with Gasteiger partial charge in [0.1, 0.15) is 0 Å². The highest BCUT2D eigenvalue weighted by Gasteiger charge is 2.18. The maximum absolute atomic E-state index is 12.5. The molecule has 0 aliphatic heterocycles. The third kappa shape index (κ3) is 69.4. The quantitative estimate of drug-likeness (QED) is 0.0320. The summed E-state index contributed by atoms with van der Waals surface area (Å²) in [6.45, 7) is 4.96. The molecule has 6 nitrogen and oxygen atoms in total. The fourth-order valence-electron chi connectivity index (χ4n) is 12.3. The average Bonchev–Trinajstić information content (AvgIpc) is 3.51. The number of hydrogen-bond acceptors (Lipinski definition) is 5.